The Balaban J connectivity index is 1.41. The van der Waals surface area contributed by atoms with E-state index in [1.54, 1.807) is 6.92 Å². The number of hydrogen-bond acceptors (Lipinski definition) is 7. The largest absolute Gasteiger partial charge is 0.481 e. The van der Waals surface area contributed by atoms with E-state index in [1.807, 2.05) is 0 Å². The summed E-state index contributed by atoms with van der Waals surface area (Å²) in [6.07, 6.45) is 2.59. The van der Waals surface area contributed by atoms with Crippen LogP contribution in [0.25, 0.3) is 0 Å². The van der Waals surface area contributed by atoms with Gasteiger partial charge in [0.2, 0.25) is 0 Å². The van der Waals surface area contributed by atoms with Crippen molar-refractivity contribution in [2.45, 2.75) is 45.8 Å². The van der Waals surface area contributed by atoms with E-state index in [-0.39, 0.29) is 30.0 Å². The van der Waals surface area contributed by atoms with Gasteiger partial charge in [-0.2, -0.15) is 0 Å². The number of rotatable bonds is 9. The first-order chi connectivity index (χ1) is 14.4. The standard InChI is InChI=1S/C22H32O8/c1-11-15-7-13(8-17(15)20(23)24)19(11)14(9-16-12(2)21(25)30-22(16)26)10-27-4-3-18-28-5-6-29-18/h11-19H,3-10H2,1-2H3,(H,23,24). The lowest BCUT2D eigenvalue weighted by atomic mass is 9.67. The molecule has 2 saturated carbocycles. The van der Waals surface area contributed by atoms with Crippen LogP contribution in [-0.2, 0) is 33.3 Å². The third-order valence-electron chi connectivity index (χ3n) is 7.89. The zero-order chi connectivity index (χ0) is 21.4. The summed E-state index contributed by atoms with van der Waals surface area (Å²) in [5.41, 5.74) is 0. The van der Waals surface area contributed by atoms with Gasteiger partial charge in [-0.15, -0.1) is 0 Å². The molecule has 8 unspecified atom stereocenters. The summed E-state index contributed by atoms with van der Waals surface area (Å²) in [5.74, 6) is -1.62. The SMILES string of the molecule is CC1C(=O)OC(=O)C1CC(COCCC1OCCO1)C1C2CC(C(=O)O)C(C2)C1C. The average Bonchev–Trinajstić information content (AvgIpc) is 3.46. The highest BCUT2D eigenvalue weighted by atomic mass is 16.7. The number of cyclic esters (lactones) is 2. The van der Waals surface area contributed by atoms with Crippen LogP contribution in [0.2, 0.25) is 0 Å². The highest BCUT2D eigenvalue weighted by molar-refractivity contribution is 5.96. The molecule has 168 valence electrons. The minimum Gasteiger partial charge on any atom is -0.481 e. The van der Waals surface area contributed by atoms with Crippen molar-refractivity contribution in [2.75, 3.05) is 26.4 Å². The van der Waals surface area contributed by atoms with Crippen molar-refractivity contribution < 1.29 is 38.4 Å². The number of carbonyl (C=O) groups is 3. The molecule has 4 rings (SSSR count). The number of esters is 2. The highest BCUT2D eigenvalue weighted by Gasteiger charge is 2.56. The molecule has 1 N–H and O–H groups in total. The van der Waals surface area contributed by atoms with Crippen LogP contribution in [0.15, 0.2) is 0 Å². The fourth-order valence-electron chi connectivity index (χ4n) is 6.41. The molecular formula is C22H32O8. The minimum atomic E-state index is -0.698. The smallest absolute Gasteiger partial charge is 0.317 e. The summed E-state index contributed by atoms with van der Waals surface area (Å²) in [5, 5.41) is 9.54. The van der Waals surface area contributed by atoms with E-state index in [2.05, 4.69) is 6.92 Å². The van der Waals surface area contributed by atoms with Crippen LogP contribution < -0.4 is 0 Å². The van der Waals surface area contributed by atoms with Crippen LogP contribution in [0.5, 0.6) is 0 Å². The number of fused-ring (bicyclic) bond motifs is 2. The maximum absolute atomic E-state index is 12.2. The maximum atomic E-state index is 12.2. The van der Waals surface area contributed by atoms with Crippen molar-refractivity contribution >= 4 is 17.9 Å². The molecule has 4 aliphatic rings. The van der Waals surface area contributed by atoms with Gasteiger partial charge in [0.15, 0.2) is 6.29 Å². The van der Waals surface area contributed by atoms with Gasteiger partial charge in [0, 0.05) is 13.0 Å². The Kier molecular flexibility index (Phi) is 6.46. The molecule has 0 radical (unpaired) electrons. The van der Waals surface area contributed by atoms with Gasteiger partial charge >= 0.3 is 17.9 Å². The topological polar surface area (TPSA) is 108 Å². The summed E-state index contributed by atoms with van der Waals surface area (Å²) in [6, 6.07) is 0. The zero-order valence-corrected chi connectivity index (χ0v) is 17.7. The summed E-state index contributed by atoms with van der Waals surface area (Å²) < 4.78 is 21.7. The predicted octanol–water partition coefficient (Wildman–Crippen LogP) is 2.10. The predicted molar refractivity (Wildman–Crippen MR) is 103 cm³/mol. The van der Waals surface area contributed by atoms with Crippen molar-refractivity contribution in [3.63, 3.8) is 0 Å². The fraction of sp³-hybridized carbons (Fsp3) is 0.864. The van der Waals surface area contributed by atoms with Crippen LogP contribution >= 0.6 is 0 Å². The van der Waals surface area contributed by atoms with Gasteiger partial charge in [0.05, 0.1) is 37.6 Å². The third kappa shape index (κ3) is 4.14. The molecule has 2 saturated heterocycles. The highest BCUT2D eigenvalue weighted by Crippen LogP contribution is 2.58. The van der Waals surface area contributed by atoms with Crippen LogP contribution in [0.3, 0.4) is 0 Å². The van der Waals surface area contributed by atoms with Crippen molar-refractivity contribution in [3.05, 3.63) is 0 Å². The maximum Gasteiger partial charge on any atom is 0.317 e. The molecule has 2 bridgehead atoms. The van der Waals surface area contributed by atoms with Gasteiger partial charge in [0.1, 0.15) is 0 Å². The summed E-state index contributed by atoms with van der Waals surface area (Å²) in [6.45, 7) is 6.08. The Morgan fingerprint density at radius 1 is 1.17 bits per heavy atom. The fourth-order valence-corrected chi connectivity index (χ4v) is 6.41. The van der Waals surface area contributed by atoms with E-state index in [4.69, 9.17) is 18.9 Å². The molecule has 4 fully saturated rings. The molecule has 8 nitrogen and oxygen atoms in total. The molecule has 2 aliphatic carbocycles. The number of carboxylic acids is 1. The Morgan fingerprint density at radius 2 is 1.90 bits per heavy atom. The van der Waals surface area contributed by atoms with Crippen molar-refractivity contribution in [1.82, 2.24) is 0 Å². The lowest BCUT2D eigenvalue weighted by molar-refractivity contribution is -0.154. The molecule has 2 heterocycles. The second-order valence-electron chi connectivity index (χ2n) is 9.44. The molecule has 8 atom stereocenters. The molecule has 8 heteroatoms. The quantitative estimate of drug-likeness (QED) is 0.341. The Morgan fingerprint density at radius 3 is 2.50 bits per heavy atom. The molecule has 30 heavy (non-hydrogen) atoms. The minimum absolute atomic E-state index is 0.0843. The molecule has 2 aliphatic heterocycles. The van der Waals surface area contributed by atoms with Crippen molar-refractivity contribution in [1.29, 1.82) is 0 Å². The number of hydrogen-bond donors (Lipinski definition) is 1. The van der Waals surface area contributed by atoms with E-state index < -0.39 is 29.7 Å². The van der Waals surface area contributed by atoms with Crippen LogP contribution in [0.4, 0.5) is 0 Å². The van der Waals surface area contributed by atoms with E-state index in [9.17, 15) is 19.5 Å². The molecule has 0 aromatic carbocycles. The van der Waals surface area contributed by atoms with E-state index >= 15 is 0 Å². The van der Waals surface area contributed by atoms with E-state index in [0.717, 1.165) is 6.42 Å². The number of carboxylic acid groups (broad SMARTS) is 1. The van der Waals surface area contributed by atoms with Gasteiger partial charge in [-0.1, -0.05) is 13.8 Å². The number of ether oxygens (including phenoxy) is 4. The van der Waals surface area contributed by atoms with Crippen LogP contribution in [0, 0.1) is 47.3 Å². The van der Waals surface area contributed by atoms with E-state index in [0.29, 0.717) is 57.5 Å². The lowest BCUT2D eigenvalue weighted by Gasteiger charge is -2.38. The average molecular weight is 424 g/mol. The van der Waals surface area contributed by atoms with Gasteiger partial charge in [-0.05, 0) is 48.9 Å². The second-order valence-corrected chi connectivity index (χ2v) is 9.44. The van der Waals surface area contributed by atoms with Crippen LogP contribution in [0.1, 0.15) is 39.5 Å². The number of aliphatic carboxylic acids is 1. The second kappa shape index (κ2) is 8.93. The van der Waals surface area contributed by atoms with Gasteiger partial charge in [-0.3, -0.25) is 14.4 Å². The van der Waals surface area contributed by atoms with Crippen molar-refractivity contribution in [2.24, 2.45) is 47.3 Å². The first-order valence-corrected chi connectivity index (χ1v) is 11.2. The molecule has 0 spiro atoms. The van der Waals surface area contributed by atoms with Gasteiger partial charge in [0.25, 0.3) is 0 Å². The molecular weight excluding hydrogens is 392 g/mol. The Hall–Kier alpha value is -1.51. The Labute approximate surface area is 176 Å². The molecule has 0 aromatic rings. The number of carbonyl (C=O) groups excluding carboxylic acids is 2. The van der Waals surface area contributed by atoms with Gasteiger partial charge in [-0.25, -0.2) is 0 Å². The summed E-state index contributed by atoms with van der Waals surface area (Å²) in [7, 11) is 0. The van der Waals surface area contributed by atoms with Crippen LogP contribution in [-0.4, -0.2) is 55.7 Å². The monoisotopic (exact) mass is 424 g/mol. The van der Waals surface area contributed by atoms with Crippen molar-refractivity contribution in [3.8, 4) is 0 Å². The first kappa shape index (κ1) is 21.7. The molecule has 0 aromatic heterocycles. The van der Waals surface area contributed by atoms with Gasteiger partial charge < -0.3 is 24.1 Å². The Bertz CT molecular complexity index is 670. The normalized spacial score (nSPS) is 39.6. The summed E-state index contributed by atoms with van der Waals surface area (Å²) in [4.78, 5) is 35.7. The molecule has 0 amide bonds. The lowest BCUT2D eigenvalue weighted by Crippen LogP contribution is -2.37. The first-order valence-electron chi connectivity index (χ1n) is 11.2. The zero-order valence-electron chi connectivity index (χ0n) is 17.7. The van der Waals surface area contributed by atoms with E-state index in [1.165, 1.54) is 0 Å². The third-order valence-corrected chi connectivity index (χ3v) is 7.89. The summed E-state index contributed by atoms with van der Waals surface area (Å²) >= 11 is 0.